The lowest BCUT2D eigenvalue weighted by Gasteiger charge is -2.30. The van der Waals surface area contributed by atoms with Crippen molar-refractivity contribution in [2.24, 2.45) is 17.6 Å². The van der Waals surface area contributed by atoms with Gasteiger partial charge in [0.25, 0.3) is 0 Å². The molecule has 1 saturated heterocycles. The average Bonchev–Trinajstić information content (AvgIpc) is 3.05. The zero-order valence-corrected chi connectivity index (χ0v) is 13.0. The summed E-state index contributed by atoms with van der Waals surface area (Å²) in [5.41, 5.74) is 6.32. The molecule has 19 heavy (non-hydrogen) atoms. The maximum absolute atomic E-state index is 6.32. The lowest BCUT2D eigenvalue weighted by atomic mass is 9.78. The summed E-state index contributed by atoms with van der Waals surface area (Å²) in [6, 6.07) is 5.65. The third-order valence-electron chi connectivity index (χ3n) is 5.17. The molecule has 2 fully saturated rings. The first-order valence-electron chi connectivity index (χ1n) is 7.77. The molecular formula is C16H26N2S. The van der Waals surface area contributed by atoms with E-state index in [9.17, 15) is 0 Å². The highest BCUT2D eigenvalue weighted by Gasteiger charge is 2.40. The molecule has 4 unspecified atom stereocenters. The molecule has 2 N–H and O–H groups in total. The highest BCUT2D eigenvalue weighted by molar-refractivity contribution is 7.12. The van der Waals surface area contributed by atoms with Gasteiger partial charge in [-0.05, 0) is 50.2 Å². The van der Waals surface area contributed by atoms with Crippen LogP contribution in [0.4, 0.5) is 0 Å². The van der Waals surface area contributed by atoms with Crippen molar-refractivity contribution in [1.82, 2.24) is 4.90 Å². The fourth-order valence-electron chi connectivity index (χ4n) is 3.86. The lowest BCUT2D eigenvalue weighted by molar-refractivity contribution is 0.247. The SMILES string of the molecule is CCc1ccc(C(C)N2CC3CCCC(N)C3C2)s1. The molecule has 0 bridgehead atoms. The van der Waals surface area contributed by atoms with Crippen molar-refractivity contribution in [1.29, 1.82) is 0 Å². The van der Waals surface area contributed by atoms with Crippen LogP contribution in [-0.2, 0) is 6.42 Å². The van der Waals surface area contributed by atoms with E-state index in [1.165, 1.54) is 42.1 Å². The Morgan fingerprint density at radius 3 is 2.89 bits per heavy atom. The van der Waals surface area contributed by atoms with Crippen molar-refractivity contribution in [3.63, 3.8) is 0 Å². The van der Waals surface area contributed by atoms with E-state index in [0.717, 1.165) is 18.3 Å². The summed E-state index contributed by atoms with van der Waals surface area (Å²) in [4.78, 5) is 5.71. The molecule has 3 heteroatoms. The van der Waals surface area contributed by atoms with E-state index in [2.05, 4.69) is 30.9 Å². The number of thiophene rings is 1. The first-order chi connectivity index (χ1) is 9.19. The van der Waals surface area contributed by atoms with Gasteiger partial charge in [-0.3, -0.25) is 4.90 Å². The molecule has 4 atom stereocenters. The molecule has 2 nitrogen and oxygen atoms in total. The molecule has 3 rings (SSSR count). The van der Waals surface area contributed by atoms with E-state index in [1.807, 2.05) is 11.3 Å². The fourth-order valence-corrected chi connectivity index (χ4v) is 4.90. The molecule has 106 valence electrons. The molecule has 2 aliphatic rings. The number of aryl methyl sites for hydroxylation is 1. The summed E-state index contributed by atoms with van der Waals surface area (Å²) >= 11 is 1.99. The summed E-state index contributed by atoms with van der Waals surface area (Å²) in [7, 11) is 0. The molecule has 0 radical (unpaired) electrons. The van der Waals surface area contributed by atoms with Gasteiger partial charge in [0.2, 0.25) is 0 Å². The van der Waals surface area contributed by atoms with Gasteiger partial charge in [-0.25, -0.2) is 0 Å². The van der Waals surface area contributed by atoms with Gasteiger partial charge < -0.3 is 5.73 Å². The van der Waals surface area contributed by atoms with E-state index in [1.54, 1.807) is 0 Å². The van der Waals surface area contributed by atoms with E-state index in [0.29, 0.717) is 12.1 Å². The zero-order valence-electron chi connectivity index (χ0n) is 12.1. The van der Waals surface area contributed by atoms with Gasteiger partial charge in [0.1, 0.15) is 0 Å². The molecule has 1 aromatic heterocycles. The second-order valence-electron chi connectivity index (χ2n) is 6.31. The predicted octanol–water partition coefficient (Wildman–Crippen LogP) is 3.43. The molecule has 0 spiro atoms. The normalized spacial score (nSPS) is 33.3. The minimum atomic E-state index is 0.450. The van der Waals surface area contributed by atoms with Gasteiger partial charge in [-0.2, -0.15) is 0 Å². The van der Waals surface area contributed by atoms with Crippen LogP contribution in [-0.4, -0.2) is 24.0 Å². The molecule has 1 aliphatic carbocycles. The van der Waals surface area contributed by atoms with Crippen molar-refractivity contribution in [2.75, 3.05) is 13.1 Å². The number of nitrogens with zero attached hydrogens (tertiary/aromatic N) is 1. The Labute approximate surface area is 121 Å². The first-order valence-corrected chi connectivity index (χ1v) is 8.59. The Morgan fingerprint density at radius 2 is 2.21 bits per heavy atom. The van der Waals surface area contributed by atoms with Crippen LogP contribution in [0.15, 0.2) is 12.1 Å². The molecule has 0 amide bonds. The summed E-state index contributed by atoms with van der Waals surface area (Å²) in [6.45, 7) is 7.09. The third kappa shape index (κ3) is 2.61. The van der Waals surface area contributed by atoms with Crippen LogP contribution in [0.3, 0.4) is 0 Å². The Bertz CT molecular complexity index is 428. The maximum atomic E-state index is 6.32. The average molecular weight is 278 g/mol. The number of hydrogen-bond acceptors (Lipinski definition) is 3. The van der Waals surface area contributed by atoms with Gasteiger partial charge in [0.05, 0.1) is 0 Å². The van der Waals surface area contributed by atoms with Crippen molar-refractivity contribution in [2.45, 2.75) is 51.6 Å². The van der Waals surface area contributed by atoms with Gasteiger partial charge in [-0.1, -0.05) is 13.3 Å². The highest BCUT2D eigenvalue weighted by atomic mass is 32.1. The Morgan fingerprint density at radius 1 is 1.37 bits per heavy atom. The van der Waals surface area contributed by atoms with Crippen molar-refractivity contribution in [3.05, 3.63) is 21.9 Å². The lowest BCUT2D eigenvalue weighted by Crippen LogP contribution is -2.38. The monoisotopic (exact) mass is 278 g/mol. The summed E-state index contributed by atoms with van der Waals surface area (Å²) in [5.74, 6) is 1.61. The summed E-state index contributed by atoms with van der Waals surface area (Å²) in [6.07, 6.45) is 5.13. The number of nitrogens with two attached hydrogens (primary N) is 1. The van der Waals surface area contributed by atoms with E-state index >= 15 is 0 Å². The van der Waals surface area contributed by atoms with Crippen LogP contribution in [0.1, 0.15) is 48.9 Å². The Kier molecular flexibility index (Phi) is 3.97. The minimum Gasteiger partial charge on any atom is -0.327 e. The minimum absolute atomic E-state index is 0.450. The first kappa shape index (κ1) is 13.6. The van der Waals surface area contributed by atoms with Crippen molar-refractivity contribution in [3.8, 4) is 0 Å². The largest absolute Gasteiger partial charge is 0.327 e. The number of fused-ring (bicyclic) bond motifs is 1. The van der Waals surface area contributed by atoms with E-state index in [-0.39, 0.29) is 0 Å². The van der Waals surface area contributed by atoms with Crippen LogP contribution in [0.2, 0.25) is 0 Å². The van der Waals surface area contributed by atoms with Crippen LogP contribution >= 0.6 is 11.3 Å². The quantitative estimate of drug-likeness (QED) is 0.918. The van der Waals surface area contributed by atoms with Crippen LogP contribution < -0.4 is 5.73 Å². The topological polar surface area (TPSA) is 29.3 Å². The van der Waals surface area contributed by atoms with Crippen LogP contribution in [0, 0.1) is 11.8 Å². The van der Waals surface area contributed by atoms with Crippen molar-refractivity contribution >= 4 is 11.3 Å². The van der Waals surface area contributed by atoms with Gasteiger partial charge in [-0.15, -0.1) is 11.3 Å². The molecule has 1 aliphatic heterocycles. The number of hydrogen-bond donors (Lipinski definition) is 1. The molecular weight excluding hydrogens is 252 g/mol. The number of rotatable bonds is 3. The van der Waals surface area contributed by atoms with Gasteiger partial charge in [0.15, 0.2) is 0 Å². The van der Waals surface area contributed by atoms with Gasteiger partial charge >= 0.3 is 0 Å². The Balaban J connectivity index is 1.69. The predicted molar refractivity (Wildman–Crippen MR) is 82.5 cm³/mol. The van der Waals surface area contributed by atoms with Crippen LogP contribution in [0.25, 0.3) is 0 Å². The maximum Gasteiger partial charge on any atom is 0.0413 e. The third-order valence-corrected chi connectivity index (χ3v) is 6.57. The summed E-state index contributed by atoms with van der Waals surface area (Å²) < 4.78 is 0. The zero-order chi connectivity index (χ0) is 13.4. The smallest absolute Gasteiger partial charge is 0.0413 e. The number of likely N-dealkylation sites (tertiary alicyclic amines) is 1. The molecule has 1 aromatic rings. The van der Waals surface area contributed by atoms with Crippen molar-refractivity contribution < 1.29 is 0 Å². The molecule has 2 heterocycles. The van der Waals surface area contributed by atoms with E-state index in [4.69, 9.17) is 5.73 Å². The van der Waals surface area contributed by atoms with Crippen LogP contribution in [0.5, 0.6) is 0 Å². The second kappa shape index (κ2) is 5.55. The van der Waals surface area contributed by atoms with E-state index < -0.39 is 0 Å². The summed E-state index contributed by atoms with van der Waals surface area (Å²) in [5, 5.41) is 0. The molecule has 1 saturated carbocycles. The Hall–Kier alpha value is -0.380. The standard InChI is InChI=1S/C16H26N2S/c1-3-13-7-8-16(19-13)11(2)18-9-12-5-4-6-15(17)14(12)10-18/h7-8,11-12,14-15H,3-6,9-10,17H2,1-2H3. The molecule has 0 aromatic carbocycles. The second-order valence-corrected chi connectivity index (χ2v) is 7.51. The fraction of sp³-hybridized carbons (Fsp3) is 0.750. The highest BCUT2D eigenvalue weighted by Crippen LogP contribution is 2.40. The van der Waals surface area contributed by atoms with Gasteiger partial charge in [0, 0.05) is 34.9 Å².